The Morgan fingerprint density at radius 2 is 1.95 bits per heavy atom. The monoisotopic (exact) mass is 332 g/mol. The smallest absolute Gasteiger partial charge is 0.188 e. The van der Waals surface area contributed by atoms with E-state index in [0.29, 0.717) is 0 Å². The normalized spacial score (nSPS) is 10.9. The van der Waals surface area contributed by atoms with Crippen LogP contribution in [0.3, 0.4) is 0 Å². The largest absolute Gasteiger partial charge is 0.331 e. The van der Waals surface area contributed by atoms with Crippen molar-refractivity contribution < 1.29 is 0 Å². The third-order valence-electron chi connectivity index (χ3n) is 2.97. The van der Waals surface area contributed by atoms with Gasteiger partial charge in [-0.2, -0.15) is 0 Å². The molecule has 1 heterocycles. The SMILES string of the molecule is Cc1ccc(Nc2nc3ccc(Br)cc3s2)c(C)c1. The summed E-state index contributed by atoms with van der Waals surface area (Å²) in [5, 5.41) is 4.33. The Morgan fingerprint density at radius 3 is 2.74 bits per heavy atom. The summed E-state index contributed by atoms with van der Waals surface area (Å²) in [4.78, 5) is 4.60. The third kappa shape index (κ3) is 2.65. The molecule has 0 unspecified atom stereocenters. The van der Waals surface area contributed by atoms with Gasteiger partial charge < -0.3 is 5.32 Å². The molecular formula is C15H13BrN2S. The molecule has 1 aromatic heterocycles. The molecule has 0 radical (unpaired) electrons. The van der Waals surface area contributed by atoms with Gasteiger partial charge in [-0.1, -0.05) is 45.0 Å². The molecule has 0 aliphatic rings. The van der Waals surface area contributed by atoms with Gasteiger partial charge in [0.05, 0.1) is 10.2 Å². The van der Waals surface area contributed by atoms with Crippen LogP contribution in [0.15, 0.2) is 40.9 Å². The first kappa shape index (κ1) is 12.6. The minimum Gasteiger partial charge on any atom is -0.331 e. The molecule has 3 aromatic rings. The molecule has 19 heavy (non-hydrogen) atoms. The van der Waals surface area contributed by atoms with Crippen molar-refractivity contribution in [3.05, 3.63) is 52.0 Å². The molecule has 1 N–H and O–H groups in total. The number of benzene rings is 2. The van der Waals surface area contributed by atoms with Crippen molar-refractivity contribution in [1.82, 2.24) is 4.98 Å². The minimum atomic E-state index is 0.931. The van der Waals surface area contributed by atoms with Crippen LogP contribution < -0.4 is 5.32 Å². The Morgan fingerprint density at radius 1 is 1.11 bits per heavy atom. The van der Waals surface area contributed by atoms with Crippen LogP contribution in [0.4, 0.5) is 10.8 Å². The molecular weight excluding hydrogens is 320 g/mol. The predicted octanol–water partition coefficient (Wildman–Crippen LogP) is 5.42. The van der Waals surface area contributed by atoms with E-state index in [1.54, 1.807) is 11.3 Å². The standard InChI is InChI=1S/C15H13BrN2S/c1-9-3-5-12(10(2)7-9)17-15-18-13-6-4-11(16)8-14(13)19-15/h3-8H,1-2H3,(H,17,18). The number of hydrogen-bond acceptors (Lipinski definition) is 3. The van der Waals surface area contributed by atoms with Crippen LogP contribution in [0, 0.1) is 13.8 Å². The van der Waals surface area contributed by atoms with E-state index in [-0.39, 0.29) is 0 Å². The Bertz CT molecular complexity index is 749. The van der Waals surface area contributed by atoms with Crippen molar-refractivity contribution >= 4 is 48.3 Å². The number of halogens is 1. The van der Waals surface area contributed by atoms with Gasteiger partial charge in [-0.25, -0.2) is 4.98 Å². The average Bonchev–Trinajstić information content (AvgIpc) is 2.74. The molecule has 0 amide bonds. The molecule has 0 aliphatic heterocycles. The van der Waals surface area contributed by atoms with Crippen molar-refractivity contribution in [2.24, 2.45) is 0 Å². The summed E-state index contributed by atoms with van der Waals surface area (Å²) in [6.07, 6.45) is 0. The number of hydrogen-bond donors (Lipinski definition) is 1. The second-order valence-electron chi connectivity index (χ2n) is 4.57. The quantitative estimate of drug-likeness (QED) is 0.677. The lowest BCUT2D eigenvalue weighted by Gasteiger charge is -2.06. The highest BCUT2D eigenvalue weighted by atomic mass is 79.9. The third-order valence-corrected chi connectivity index (χ3v) is 4.40. The van der Waals surface area contributed by atoms with E-state index < -0.39 is 0 Å². The lowest BCUT2D eigenvalue weighted by molar-refractivity contribution is 1.35. The molecule has 0 fully saturated rings. The number of thiazole rings is 1. The highest BCUT2D eigenvalue weighted by molar-refractivity contribution is 9.10. The Hall–Kier alpha value is -1.39. The van der Waals surface area contributed by atoms with Gasteiger partial charge in [-0.05, 0) is 43.7 Å². The van der Waals surface area contributed by atoms with Gasteiger partial charge in [0.25, 0.3) is 0 Å². The number of fused-ring (bicyclic) bond motifs is 1. The fourth-order valence-corrected chi connectivity index (χ4v) is 3.45. The second-order valence-corrected chi connectivity index (χ2v) is 6.52. The maximum Gasteiger partial charge on any atom is 0.188 e. The minimum absolute atomic E-state index is 0.931. The molecule has 2 aromatic carbocycles. The number of anilines is 2. The molecule has 4 heteroatoms. The first-order chi connectivity index (χ1) is 9.11. The summed E-state index contributed by atoms with van der Waals surface area (Å²) < 4.78 is 2.27. The molecule has 0 bridgehead atoms. The number of rotatable bonds is 2. The van der Waals surface area contributed by atoms with Gasteiger partial charge in [0.15, 0.2) is 5.13 Å². The van der Waals surface area contributed by atoms with E-state index in [1.807, 2.05) is 12.1 Å². The number of aryl methyl sites for hydroxylation is 2. The van der Waals surface area contributed by atoms with Crippen molar-refractivity contribution in [2.75, 3.05) is 5.32 Å². The van der Waals surface area contributed by atoms with E-state index in [1.165, 1.54) is 15.8 Å². The van der Waals surface area contributed by atoms with Crippen molar-refractivity contribution in [1.29, 1.82) is 0 Å². The van der Waals surface area contributed by atoms with Gasteiger partial charge >= 0.3 is 0 Å². The highest BCUT2D eigenvalue weighted by Gasteiger charge is 2.06. The lowest BCUT2D eigenvalue weighted by atomic mass is 10.1. The predicted molar refractivity (Wildman–Crippen MR) is 86.5 cm³/mol. The van der Waals surface area contributed by atoms with Crippen molar-refractivity contribution in [3.8, 4) is 0 Å². The fourth-order valence-electron chi connectivity index (χ4n) is 2.02. The number of nitrogens with zero attached hydrogens (tertiary/aromatic N) is 1. The summed E-state index contributed by atoms with van der Waals surface area (Å²) in [5.41, 5.74) is 4.65. The van der Waals surface area contributed by atoms with E-state index in [0.717, 1.165) is 20.8 Å². The van der Waals surface area contributed by atoms with Crippen LogP contribution >= 0.6 is 27.3 Å². The zero-order valence-corrected chi connectivity index (χ0v) is 13.1. The van der Waals surface area contributed by atoms with Crippen LogP contribution in [-0.4, -0.2) is 4.98 Å². The first-order valence-corrected chi connectivity index (χ1v) is 7.63. The van der Waals surface area contributed by atoms with E-state index in [9.17, 15) is 0 Å². The number of nitrogens with one attached hydrogen (secondary N) is 1. The molecule has 96 valence electrons. The Labute approximate surface area is 124 Å². The maximum absolute atomic E-state index is 4.60. The summed E-state index contributed by atoms with van der Waals surface area (Å²) >= 11 is 5.15. The summed E-state index contributed by atoms with van der Waals surface area (Å²) in [7, 11) is 0. The van der Waals surface area contributed by atoms with E-state index in [2.05, 4.69) is 64.3 Å². The molecule has 2 nitrogen and oxygen atoms in total. The number of aromatic nitrogens is 1. The van der Waals surface area contributed by atoms with Crippen LogP contribution in [0.25, 0.3) is 10.2 Å². The van der Waals surface area contributed by atoms with Gasteiger partial charge in [-0.15, -0.1) is 0 Å². The molecule has 0 aliphatic carbocycles. The Balaban J connectivity index is 1.96. The summed E-state index contributed by atoms with van der Waals surface area (Å²) in [5.74, 6) is 0. The van der Waals surface area contributed by atoms with Gasteiger partial charge in [-0.3, -0.25) is 0 Å². The second kappa shape index (κ2) is 4.94. The first-order valence-electron chi connectivity index (χ1n) is 6.02. The molecule has 0 saturated carbocycles. The van der Waals surface area contributed by atoms with Crippen LogP contribution in [0.5, 0.6) is 0 Å². The zero-order chi connectivity index (χ0) is 13.4. The molecule has 3 rings (SSSR count). The van der Waals surface area contributed by atoms with Crippen molar-refractivity contribution in [3.63, 3.8) is 0 Å². The maximum atomic E-state index is 4.60. The summed E-state index contributed by atoms with van der Waals surface area (Å²) in [6, 6.07) is 12.5. The molecule has 0 atom stereocenters. The van der Waals surface area contributed by atoms with Crippen LogP contribution in [-0.2, 0) is 0 Å². The van der Waals surface area contributed by atoms with Gasteiger partial charge in [0.2, 0.25) is 0 Å². The van der Waals surface area contributed by atoms with E-state index in [4.69, 9.17) is 0 Å². The van der Waals surface area contributed by atoms with Gasteiger partial charge in [0.1, 0.15) is 0 Å². The topological polar surface area (TPSA) is 24.9 Å². The van der Waals surface area contributed by atoms with Gasteiger partial charge in [0, 0.05) is 10.2 Å². The average molecular weight is 333 g/mol. The van der Waals surface area contributed by atoms with E-state index >= 15 is 0 Å². The van der Waals surface area contributed by atoms with Crippen LogP contribution in [0.1, 0.15) is 11.1 Å². The molecule has 0 spiro atoms. The fraction of sp³-hybridized carbons (Fsp3) is 0.133. The van der Waals surface area contributed by atoms with Crippen LogP contribution in [0.2, 0.25) is 0 Å². The Kier molecular flexibility index (Phi) is 3.29. The lowest BCUT2D eigenvalue weighted by Crippen LogP contribution is -1.92. The molecule has 0 saturated heterocycles. The van der Waals surface area contributed by atoms with Crippen molar-refractivity contribution in [2.45, 2.75) is 13.8 Å². The summed E-state index contributed by atoms with van der Waals surface area (Å²) in [6.45, 7) is 4.21. The zero-order valence-electron chi connectivity index (χ0n) is 10.7. The highest BCUT2D eigenvalue weighted by Crippen LogP contribution is 2.31.